The van der Waals surface area contributed by atoms with Gasteiger partial charge in [0, 0.05) is 49.2 Å². The SMILES string of the molecule is CC(=O)c1ccc(N2CCN(C(=O)C3=C(C)Nc4ccnn4C3c3ccc(Cl)c(Cl)c3)CC2)cc1. The second-order valence-electron chi connectivity index (χ2n) is 8.78. The Balaban J connectivity index is 1.38. The van der Waals surface area contributed by atoms with Gasteiger partial charge in [-0.2, -0.15) is 5.10 Å². The van der Waals surface area contributed by atoms with E-state index in [1.54, 1.807) is 25.3 Å². The van der Waals surface area contributed by atoms with Crippen molar-refractivity contribution >= 4 is 46.4 Å². The number of piperazine rings is 1. The average Bonchev–Trinajstić information content (AvgIpc) is 3.32. The van der Waals surface area contributed by atoms with Gasteiger partial charge < -0.3 is 15.1 Å². The van der Waals surface area contributed by atoms with E-state index in [0.717, 1.165) is 22.8 Å². The van der Waals surface area contributed by atoms with Crippen LogP contribution in [0, 0.1) is 0 Å². The molecule has 1 N–H and O–H groups in total. The first-order chi connectivity index (χ1) is 16.8. The zero-order valence-corrected chi connectivity index (χ0v) is 21.0. The van der Waals surface area contributed by atoms with Crippen molar-refractivity contribution in [3.8, 4) is 0 Å². The van der Waals surface area contributed by atoms with Crippen LogP contribution in [0.3, 0.4) is 0 Å². The Hall–Kier alpha value is -3.29. The molecule has 180 valence electrons. The van der Waals surface area contributed by atoms with E-state index in [1.165, 1.54) is 0 Å². The van der Waals surface area contributed by atoms with E-state index in [4.69, 9.17) is 23.2 Å². The van der Waals surface area contributed by atoms with Gasteiger partial charge in [-0.05, 0) is 55.8 Å². The number of allylic oxidation sites excluding steroid dienone is 1. The van der Waals surface area contributed by atoms with Crippen molar-refractivity contribution in [1.82, 2.24) is 14.7 Å². The number of halogens is 2. The molecule has 0 radical (unpaired) electrons. The Morgan fingerprint density at radius 2 is 1.69 bits per heavy atom. The molecule has 1 aromatic heterocycles. The van der Waals surface area contributed by atoms with Gasteiger partial charge in [-0.3, -0.25) is 9.59 Å². The number of hydrogen-bond donors (Lipinski definition) is 1. The molecule has 3 heterocycles. The van der Waals surface area contributed by atoms with Crippen LogP contribution >= 0.6 is 23.2 Å². The van der Waals surface area contributed by atoms with Crippen LogP contribution in [-0.4, -0.2) is 52.5 Å². The fourth-order valence-corrected chi connectivity index (χ4v) is 5.03. The summed E-state index contributed by atoms with van der Waals surface area (Å²) in [6, 6.07) is 14.5. The molecule has 3 aromatic rings. The van der Waals surface area contributed by atoms with Crippen LogP contribution in [0.15, 0.2) is 66.0 Å². The van der Waals surface area contributed by atoms with Gasteiger partial charge in [-0.25, -0.2) is 4.68 Å². The first kappa shape index (κ1) is 23.5. The molecule has 1 fully saturated rings. The molecule has 2 aromatic carbocycles. The lowest BCUT2D eigenvalue weighted by molar-refractivity contribution is -0.128. The van der Waals surface area contributed by atoms with E-state index in [1.807, 2.05) is 52.9 Å². The van der Waals surface area contributed by atoms with Crippen molar-refractivity contribution in [2.45, 2.75) is 19.9 Å². The lowest BCUT2D eigenvalue weighted by Crippen LogP contribution is -2.50. The number of rotatable bonds is 4. The highest BCUT2D eigenvalue weighted by Crippen LogP contribution is 2.38. The summed E-state index contributed by atoms with van der Waals surface area (Å²) >= 11 is 12.5. The average molecular weight is 510 g/mol. The maximum Gasteiger partial charge on any atom is 0.254 e. The maximum absolute atomic E-state index is 13.9. The van der Waals surface area contributed by atoms with Crippen molar-refractivity contribution in [2.24, 2.45) is 0 Å². The van der Waals surface area contributed by atoms with Crippen LogP contribution in [0.1, 0.15) is 35.8 Å². The Labute approximate surface area is 213 Å². The van der Waals surface area contributed by atoms with Crippen LogP contribution in [-0.2, 0) is 4.79 Å². The number of fused-ring (bicyclic) bond motifs is 1. The van der Waals surface area contributed by atoms with Crippen LogP contribution < -0.4 is 10.2 Å². The van der Waals surface area contributed by atoms with Crippen molar-refractivity contribution in [3.05, 3.63) is 87.2 Å². The third-order valence-electron chi connectivity index (χ3n) is 6.60. The van der Waals surface area contributed by atoms with Crippen LogP contribution in [0.4, 0.5) is 11.5 Å². The lowest BCUT2D eigenvalue weighted by Gasteiger charge is -2.38. The van der Waals surface area contributed by atoms with Crippen LogP contribution in [0.25, 0.3) is 0 Å². The maximum atomic E-state index is 13.9. The molecule has 35 heavy (non-hydrogen) atoms. The Morgan fingerprint density at radius 1 is 0.971 bits per heavy atom. The highest BCUT2D eigenvalue weighted by Gasteiger charge is 2.36. The summed E-state index contributed by atoms with van der Waals surface area (Å²) < 4.78 is 1.81. The minimum Gasteiger partial charge on any atom is -0.368 e. The van der Waals surface area contributed by atoms with E-state index >= 15 is 0 Å². The van der Waals surface area contributed by atoms with Crippen molar-refractivity contribution in [1.29, 1.82) is 0 Å². The zero-order chi connectivity index (χ0) is 24.7. The van der Waals surface area contributed by atoms with Crippen molar-refractivity contribution in [2.75, 3.05) is 36.4 Å². The molecule has 5 rings (SSSR count). The highest BCUT2D eigenvalue weighted by molar-refractivity contribution is 6.42. The summed E-state index contributed by atoms with van der Waals surface area (Å²) in [5.74, 6) is 0.835. The zero-order valence-electron chi connectivity index (χ0n) is 19.5. The molecule has 1 unspecified atom stereocenters. The summed E-state index contributed by atoms with van der Waals surface area (Å²) in [7, 11) is 0. The number of benzene rings is 2. The number of anilines is 2. The molecular weight excluding hydrogens is 485 g/mol. The Bertz CT molecular complexity index is 1320. The molecule has 0 saturated carbocycles. The van der Waals surface area contributed by atoms with E-state index in [2.05, 4.69) is 15.3 Å². The smallest absolute Gasteiger partial charge is 0.254 e. The standard InChI is InChI=1S/C26H25Cl2N5O2/c1-16-24(25(33-23(30-16)9-10-29-33)19-5-8-21(27)22(28)15-19)26(35)32-13-11-31(12-14-32)20-6-3-18(4-7-20)17(2)34/h3-10,15,25,30H,11-14H2,1-2H3. The lowest BCUT2D eigenvalue weighted by atomic mass is 9.94. The van der Waals surface area contributed by atoms with Crippen molar-refractivity contribution in [3.63, 3.8) is 0 Å². The predicted octanol–water partition coefficient (Wildman–Crippen LogP) is 5.03. The summed E-state index contributed by atoms with van der Waals surface area (Å²) in [6.07, 6.45) is 1.71. The molecule has 2 aliphatic heterocycles. The van der Waals surface area contributed by atoms with Gasteiger partial charge in [-0.1, -0.05) is 29.3 Å². The molecule has 1 amide bonds. The predicted molar refractivity (Wildman–Crippen MR) is 138 cm³/mol. The first-order valence-electron chi connectivity index (χ1n) is 11.4. The number of carbonyl (C=O) groups is 2. The number of aromatic nitrogens is 2. The molecule has 2 aliphatic rings. The Morgan fingerprint density at radius 3 is 2.34 bits per heavy atom. The van der Waals surface area contributed by atoms with E-state index in [9.17, 15) is 9.59 Å². The molecule has 1 saturated heterocycles. The Kier molecular flexibility index (Phi) is 6.30. The molecule has 0 aliphatic carbocycles. The largest absolute Gasteiger partial charge is 0.368 e. The number of nitrogens with zero attached hydrogens (tertiary/aromatic N) is 4. The van der Waals surface area contributed by atoms with Crippen LogP contribution in [0.5, 0.6) is 0 Å². The van der Waals surface area contributed by atoms with Crippen molar-refractivity contribution < 1.29 is 9.59 Å². The molecular formula is C26H25Cl2N5O2. The van der Waals surface area contributed by atoms with E-state index in [-0.39, 0.29) is 11.7 Å². The summed E-state index contributed by atoms with van der Waals surface area (Å²) in [6.45, 7) is 6.06. The van der Waals surface area contributed by atoms with Gasteiger partial charge in [0.1, 0.15) is 11.9 Å². The molecule has 7 nitrogen and oxygen atoms in total. The molecule has 9 heteroatoms. The number of nitrogens with one attached hydrogen (secondary N) is 1. The van der Waals surface area contributed by atoms with Crippen LogP contribution in [0.2, 0.25) is 10.0 Å². The van der Waals surface area contributed by atoms with Gasteiger partial charge in [0.05, 0.1) is 21.8 Å². The summed E-state index contributed by atoms with van der Waals surface area (Å²) in [4.78, 5) is 29.6. The molecule has 1 atom stereocenters. The third kappa shape index (κ3) is 4.42. The summed E-state index contributed by atoms with van der Waals surface area (Å²) in [5, 5.41) is 8.71. The number of ketones is 1. The minimum atomic E-state index is -0.416. The molecule has 0 bridgehead atoms. The number of Topliss-reactive ketones (excluding diaryl/α,β-unsaturated/α-hetero) is 1. The summed E-state index contributed by atoms with van der Waals surface area (Å²) in [5.41, 5.74) is 4.02. The highest BCUT2D eigenvalue weighted by atomic mass is 35.5. The van der Waals surface area contributed by atoms with E-state index < -0.39 is 6.04 Å². The quantitative estimate of drug-likeness (QED) is 0.499. The minimum absolute atomic E-state index is 0.0289. The number of hydrogen-bond acceptors (Lipinski definition) is 5. The second-order valence-corrected chi connectivity index (χ2v) is 9.60. The third-order valence-corrected chi connectivity index (χ3v) is 7.34. The van der Waals surface area contributed by atoms with Gasteiger partial charge in [-0.15, -0.1) is 0 Å². The van der Waals surface area contributed by atoms with E-state index in [0.29, 0.717) is 47.4 Å². The first-order valence-corrected chi connectivity index (χ1v) is 12.2. The topological polar surface area (TPSA) is 70.5 Å². The number of amides is 1. The second kappa shape index (κ2) is 9.40. The van der Waals surface area contributed by atoms with Gasteiger partial charge >= 0.3 is 0 Å². The van der Waals surface area contributed by atoms with Gasteiger partial charge in [0.15, 0.2) is 5.78 Å². The normalized spacial score (nSPS) is 17.8. The fraction of sp³-hybridized carbons (Fsp3) is 0.269. The molecule has 0 spiro atoms. The van der Waals surface area contributed by atoms with Gasteiger partial charge in [0.25, 0.3) is 5.91 Å². The van der Waals surface area contributed by atoms with Gasteiger partial charge in [0.2, 0.25) is 0 Å². The monoisotopic (exact) mass is 509 g/mol. The number of carbonyl (C=O) groups excluding carboxylic acids is 2. The fourth-order valence-electron chi connectivity index (χ4n) is 4.72.